The van der Waals surface area contributed by atoms with Gasteiger partial charge in [0.15, 0.2) is 14.2 Å². The SMILES string of the molecule is CCN(C(=O)[C@H](C)Sc1nnc(C)s1)[C@@H]1CCS(=O)(=O)C1. The molecular weight excluding hydrogens is 330 g/mol. The molecule has 0 aliphatic carbocycles. The second-order valence-electron chi connectivity index (χ2n) is 5.03. The summed E-state index contributed by atoms with van der Waals surface area (Å²) in [6.07, 6.45) is 0.539. The Morgan fingerprint density at radius 2 is 2.24 bits per heavy atom. The smallest absolute Gasteiger partial charge is 0.236 e. The van der Waals surface area contributed by atoms with Crippen molar-refractivity contribution in [1.29, 1.82) is 0 Å². The molecule has 1 fully saturated rings. The van der Waals surface area contributed by atoms with Crippen LogP contribution >= 0.6 is 23.1 Å². The molecule has 0 N–H and O–H groups in total. The molecule has 9 heteroatoms. The molecule has 0 spiro atoms. The largest absolute Gasteiger partial charge is 0.338 e. The summed E-state index contributed by atoms with van der Waals surface area (Å²) in [6.45, 7) is 6.11. The molecule has 0 unspecified atom stereocenters. The average Bonchev–Trinajstić information content (AvgIpc) is 2.96. The van der Waals surface area contributed by atoms with Crippen LogP contribution in [0, 0.1) is 6.92 Å². The Kier molecular flexibility index (Phi) is 5.26. The summed E-state index contributed by atoms with van der Waals surface area (Å²) in [5, 5.41) is 8.52. The van der Waals surface area contributed by atoms with Gasteiger partial charge in [-0.3, -0.25) is 4.79 Å². The summed E-state index contributed by atoms with van der Waals surface area (Å²) in [6, 6.07) is -0.188. The highest BCUT2D eigenvalue weighted by molar-refractivity contribution is 8.02. The second-order valence-corrected chi connectivity index (χ2v) is 10.0. The van der Waals surface area contributed by atoms with Gasteiger partial charge < -0.3 is 4.90 Å². The zero-order chi connectivity index (χ0) is 15.6. The van der Waals surface area contributed by atoms with Crippen molar-refractivity contribution in [2.45, 2.75) is 42.8 Å². The molecule has 1 aromatic heterocycles. The van der Waals surface area contributed by atoms with Crippen molar-refractivity contribution in [3.63, 3.8) is 0 Å². The van der Waals surface area contributed by atoms with E-state index in [1.54, 1.807) is 4.90 Å². The van der Waals surface area contributed by atoms with Gasteiger partial charge >= 0.3 is 0 Å². The van der Waals surface area contributed by atoms with E-state index < -0.39 is 9.84 Å². The van der Waals surface area contributed by atoms with Crippen LogP contribution in [0.25, 0.3) is 0 Å². The van der Waals surface area contributed by atoms with Crippen molar-refractivity contribution in [3.8, 4) is 0 Å². The number of aromatic nitrogens is 2. The zero-order valence-corrected chi connectivity index (χ0v) is 14.7. The maximum absolute atomic E-state index is 12.6. The Bertz CT molecular complexity index is 614. The first-order chi connectivity index (χ1) is 9.82. The zero-order valence-electron chi connectivity index (χ0n) is 12.3. The van der Waals surface area contributed by atoms with E-state index in [9.17, 15) is 13.2 Å². The lowest BCUT2D eigenvalue weighted by Crippen LogP contribution is -2.44. The number of aryl methyl sites for hydroxylation is 1. The summed E-state index contributed by atoms with van der Waals surface area (Å²) in [7, 11) is -2.99. The fourth-order valence-corrected chi connectivity index (χ4v) is 6.14. The van der Waals surface area contributed by atoms with Crippen molar-refractivity contribution in [1.82, 2.24) is 15.1 Å². The molecule has 1 aliphatic rings. The van der Waals surface area contributed by atoms with Gasteiger partial charge in [-0.15, -0.1) is 10.2 Å². The van der Waals surface area contributed by atoms with E-state index in [2.05, 4.69) is 10.2 Å². The summed E-state index contributed by atoms with van der Waals surface area (Å²) < 4.78 is 23.9. The summed E-state index contributed by atoms with van der Waals surface area (Å²) >= 11 is 2.84. The van der Waals surface area contributed by atoms with E-state index in [-0.39, 0.29) is 28.7 Å². The average molecular weight is 350 g/mol. The molecule has 1 saturated heterocycles. The maximum Gasteiger partial charge on any atom is 0.236 e. The van der Waals surface area contributed by atoms with E-state index in [0.29, 0.717) is 13.0 Å². The Labute approximate surface area is 133 Å². The molecule has 0 radical (unpaired) electrons. The minimum atomic E-state index is -2.99. The first kappa shape index (κ1) is 16.7. The van der Waals surface area contributed by atoms with Gasteiger partial charge in [-0.25, -0.2) is 8.42 Å². The fraction of sp³-hybridized carbons (Fsp3) is 0.750. The highest BCUT2D eigenvalue weighted by atomic mass is 32.2. The molecule has 2 atom stereocenters. The first-order valence-electron chi connectivity index (χ1n) is 6.80. The summed E-state index contributed by atoms with van der Waals surface area (Å²) in [5.74, 6) is 0.234. The third-order valence-corrected chi connectivity index (χ3v) is 7.17. The van der Waals surface area contributed by atoms with Gasteiger partial charge in [0.1, 0.15) is 5.01 Å². The highest BCUT2D eigenvalue weighted by Crippen LogP contribution is 2.28. The number of thioether (sulfide) groups is 1. The van der Waals surface area contributed by atoms with Crippen molar-refractivity contribution < 1.29 is 13.2 Å². The van der Waals surface area contributed by atoms with E-state index in [1.807, 2.05) is 20.8 Å². The van der Waals surface area contributed by atoms with Gasteiger partial charge in [0.05, 0.1) is 16.8 Å². The van der Waals surface area contributed by atoms with Gasteiger partial charge in [0, 0.05) is 12.6 Å². The van der Waals surface area contributed by atoms with Gasteiger partial charge in [0.2, 0.25) is 5.91 Å². The van der Waals surface area contributed by atoms with Gasteiger partial charge in [0.25, 0.3) is 0 Å². The highest BCUT2D eigenvalue weighted by Gasteiger charge is 2.35. The van der Waals surface area contributed by atoms with Crippen molar-refractivity contribution in [2.75, 3.05) is 18.1 Å². The Morgan fingerprint density at radius 3 is 2.71 bits per heavy atom. The van der Waals surface area contributed by atoms with E-state index >= 15 is 0 Å². The van der Waals surface area contributed by atoms with Crippen molar-refractivity contribution in [3.05, 3.63) is 5.01 Å². The van der Waals surface area contributed by atoms with Crippen LogP contribution in [0.5, 0.6) is 0 Å². The van der Waals surface area contributed by atoms with Gasteiger partial charge in [-0.05, 0) is 27.2 Å². The monoisotopic (exact) mass is 349 g/mol. The summed E-state index contributed by atoms with van der Waals surface area (Å²) in [4.78, 5) is 14.2. The third kappa shape index (κ3) is 4.17. The van der Waals surface area contributed by atoms with Crippen LogP contribution in [0.4, 0.5) is 0 Å². The van der Waals surface area contributed by atoms with Crippen LogP contribution < -0.4 is 0 Å². The molecule has 1 amide bonds. The Morgan fingerprint density at radius 1 is 1.52 bits per heavy atom. The lowest BCUT2D eigenvalue weighted by Gasteiger charge is -2.29. The third-order valence-electron chi connectivity index (χ3n) is 3.41. The molecule has 6 nitrogen and oxygen atoms in total. The Hall–Kier alpha value is -0.670. The number of carbonyl (C=O) groups is 1. The lowest BCUT2D eigenvalue weighted by molar-refractivity contribution is -0.131. The Balaban J connectivity index is 2.02. The number of nitrogens with zero attached hydrogens (tertiary/aromatic N) is 3. The van der Waals surface area contributed by atoms with Crippen LogP contribution in [-0.2, 0) is 14.6 Å². The molecule has 1 aliphatic heterocycles. The molecule has 21 heavy (non-hydrogen) atoms. The van der Waals surface area contributed by atoms with Crippen LogP contribution in [0.3, 0.4) is 0 Å². The predicted molar refractivity (Wildman–Crippen MR) is 84.4 cm³/mol. The van der Waals surface area contributed by atoms with Crippen LogP contribution in [0.15, 0.2) is 4.34 Å². The fourth-order valence-electron chi connectivity index (χ4n) is 2.38. The van der Waals surface area contributed by atoms with Crippen LogP contribution in [0.1, 0.15) is 25.3 Å². The number of carbonyl (C=O) groups excluding carboxylic acids is 1. The number of hydrogen-bond acceptors (Lipinski definition) is 7. The van der Waals surface area contributed by atoms with Crippen molar-refractivity contribution in [2.24, 2.45) is 0 Å². The lowest BCUT2D eigenvalue weighted by atomic mass is 10.2. The molecule has 0 saturated carbocycles. The van der Waals surface area contributed by atoms with Crippen LogP contribution in [-0.4, -0.2) is 58.8 Å². The molecule has 0 aromatic carbocycles. The molecular formula is C12H19N3O3S3. The van der Waals surface area contributed by atoms with Crippen LogP contribution in [0.2, 0.25) is 0 Å². The minimum absolute atomic E-state index is 0.0301. The number of amides is 1. The molecule has 2 rings (SSSR count). The standard InChI is InChI=1S/C12H19N3O3S3/c1-4-15(10-5-6-21(17,18)7-10)11(16)8(2)19-12-14-13-9(3)20-12/h8,10H,4-7H2,1-3H3/t8-,10+/m0/s1. The number of rotatable bonds is 5. The molecule has 0 bridgehead atoms. The molecule has 2 heterocycles. The van der Waals surface area contributed by atoms with E-state index in [0.717, 1.165) is 9.35 Å². The topological polar surface area (TPSA) is 80.2 Å². The first-order valence-corrected chi connectivity index (χ1v) is 10.3. The number of hydrogen-bond donors (Lipinski definition) is 0. The summed E-state index contributed by atoms with van der Waals surface area (Å²) in [5.41, 5.74) is 0. The number of sulfone groups is 1. The normalized spacial score (nSPS) is 22.1. The van der Waals surface area contributed by atoms with Gasteiger partial charge in [-0.1, -0.05) is 23.1 Å². The maximum atomic E-state index is 12.6. The second kappa shape index (κ2) is 6.62. The predicted octanol–water partition coefficient (Wildman–Crippen LogP) is 1.36. The van der Waals surface area contributed by atoms with Crippen molar-refractivity contribution >= 4 is 38.8 Å². The van der Waals surface area contributed by atoms with E-state index in [4.69, 9.17) is 0 Å². The van der Waals surface area contributed by atoms with E-state index in [1.165, 1.54) is 23.1 Å². The van der Waals surface area contributed by atoms with Gasteiger partial charge in [-0.2, -0.15) is 0 Å². The molecule has 118 valence electrons. The quantitative estimate of drug-likeness (QED) is 0.747. The molecule has 1 aromatic rings. The minimum Gasteiger partial charge on any atom is -0.338 e.